The van der Waals surface area contributed by atoms with Gasteiger partial charge in [-0.15, -0.1) is 0 Å². The number of hydrogen-bond donors (Lipinski definition) is 2. The van der Waals surface area contributed by atoms with Crippen LogP contribution in [0.2, 0.25) is 0 Å². The molecule has 0 aliphatic rings. The molecule has 3 atom stereocenters. The monoisotopic (exact) mass is 569 g/mol. The zero-order valence-corrected chi connectivity index (χ0v) is 24.2. The maximum absolute atomic E-state index is 12.4. The molecule has 0 heterocycles. The number of carboxylic acids is 1. The van der Waals surface area contributed by atoms with Crippen LogP contribution in [-0.4, -0.2) is 61.5 Å². The summed E-state index contributed by atoms with van der Waals surface area (Å²) in [6, 6.07) is 2.73. The highest BCUT2D eigenvalue weighted by atomic mass is 16.7. The van der Waals surface area contributed by atoms with Crippen molar-refractivity contribution in [2.45, 2.75) is 85.3 Å². The molecule has 0 fully saturated rings. The molecule has 0 spiro atoms. The van der Waals surface area contributed by atoms with E-state index >= 15 is 0 Å². The van der Waals surface area contributed by atoms with Crippen molar-refractivity contribution in [1.82, 2.24) is 0 Å². The Morgan fingerprint density at radius 2 is 1.32 bits per heavy atom. The van der Waals surface area contributed by atoms with E-state index in [0.29, 0.717) is 30.7 Å². The predicted octanol–water partition coefficient (Wildman–Crippen LogP) is 5.65. The molecule has 226 valence electrons. The molecule has 0 aromatic heterocycles. The van der Waals surface area contributed by atoms with E-state index in [4.69, 9.17) is 34.2 Å². The van der Waals surface area contributed by atoms with Gasteiger partial charge in [0.1, 0.15) is 12.1 Å². The lowest BCUT2D eigenvalue weighted by molar-refractivity contribution is -0.139. The standard InChI is InChI=1S/C28H43NO11/c1-7-12-35-26(32)38-19(6)15-21(24(29)25(30)31)20-8-9-22(39-27(33)36-13-10-17(2)3)23(16-20)40-28(34)37-14-11-18(4)5/h8-9,16-19,21,24H,7,10-15,29H2,1-6H3,(H,30,31)/t19?,21?,24-/m0/s1. The lowest BCUT2D eigenvalue weighted by Crippen LogP contribution is -2.38. The first-order chi connectivity index (χ1) is 18.8. The van der Waals surface area contributed by atoms with E-state index < -0.39 is 42.5 Å². The number of carbonyl (C=O) groups is 4. The van der Waals surface area contributed by atoms with E-state index in [-0.39, 0.29) is 43.7 Å². The normalized spacial score (nSPS) is 13.2. The summed E-state index contributed by atoms with van der Waals surface area (Å²) in [7, 11) is 0. The number of hydrogen-bond acceptors (Lipinski definition) is 11. The van der Waals surface area contributed by atoms with Gasteiger partial charge in [0, 0.05) is 5.92 Å². The first-order valence-electron chi connectivity index (χ1n) is 13.5. The molecule has 3 N–H and O–H groups in total. The molecule has 0 saturated carbocycles. The zero-order chi connectivity index (χ0) is 30.2. The van der Waals surface area contributed by atoms with Crippen molar-refractivity contribution >= 4 is 24.4 Å². The topological polar surface area (TPSA) is 170 Å². The minimum atomic E-state index is -1.41. The Hall–Kier alpha value is -3.54. The van der Waals surface area contributed by atoms with Gasteiger partial charge in [-0.05, 0) is 62.1 Å². The highest BCUT2D eigenvalue weighted by Crippen LogP contribution is 2.35. The van der Waals surface area contributed by atoms with Crippen LogP contribution in [-0.2, 0) is 23.7 Å². The fourth-order valence-corrected chi connectivity index (χ4v) is 3.37. The Labute approximate surface area is 235 Å². The van der Waals surface area contributed by atoms with Gasteiger partial charge in [0.05, 0.1) is 19.8 Å². The summed E-state index contributed by atoms with van der Waals surface area (Å²) in [6.45, 7) is 11.7. The third kappa shape index (κ3) is 13.5. The van der Waals surface area contributed by atoms with Crippen molar-refractivity contribution in [3.63, 3.8) is 0 Å². The molecule has 0 aliphatic heterocycles. The molecule has 1 aromatic carbocycles. The quantitative estimate of drug-likeness (QED) is 0.143. The van der Waals surface area contributed by atoms with E-state index in [2.05, 4.69) is 0 Å². The van der Waals surface area contributed by atoms with Crippen LogP contribution in [0, 0.1) is 11.8 Å². The number of benzene rings is 1. The molecule has 0 bridgehead atoms. The molecule has 1 rings (SSSR count). The molecule has 0 amide bonds. The van der Waals surface area contributed by atoms with Gasteiger partial charge in [0.2, 0.25) is 0 Å². The predicted molar refractivity (Wildman–Crippen MR) is 144 cm³/mol. The fourth-order valence-electron chi connectivity index (χ4n) is 3.37. The van der Waals surface area contributed by atoms with E-state index in [1.165, 1.54) is 18.2 Å². The lowest BCUT2D eigenvalue weighted by Gasteiger charge is -2.25. The lowest BCUT2D eigenvalue weighted by atomic mass is 9.87. The van der Waals surface area contributed by atoms with Crippen LogP contribution in [0.15, 0.2) is 18.2 Å². The van der Waals surface area contributed by atoms with Gasteiger partial charge in [-0.1, -0.05) is 40.7 Å². The minimum absolute atomic E-state index is 0.00438. The first-order valence-corrected chi connectivity index (χ1v) is 13.5. The Balaban J connectivity index is 3.24. The van der Waals surface area contributed by atoms with Crippen molar-refractivity contribution in [2.24, 2.45) is 17.6 Å². The van der Waals surface area contributed by atoms with Gasteiger partial charge < -0.3 is 39.3 Å². The van der Waals surface area contributed by atoms with Gasteiger partial charge in [0.25, 0.3) is 0 Å². The van der Waals surface area contributed by atoms with Crippen LogP contribution >= 0.6 is 0 Å². The molecular weight excluding hydrogens is 526 g/mol. The molecule has 0 aliphatic carbocycles. The molecule has 2 unspecified atom stereocenters. The van der Waals surface area contributed by atoms with Crippen LogP contribution in [0.5, 0.6) is 11.5 Å². The summed E-state index contributed by atoms with van der Waals surface area (Å²) < 4.78 is 30.9. The summed E-state index contributed by atoms with van der Waals surface area (Å²) in [5.41, 5.74) is 6.32. The van der Waals surface area contributed by atoms with Gasteiger partial charge in [-0.25, -0.2) is 14.4 Å². The first kappa shape index (κ1) is 34.5. The third-order valence-electron chi connectivity index (χ3n) is 5.64. The second-order valence-corrected chi connectivity index (χ2v) is 10.2. The maximum Gasteiger partial charge on any atom is 0.513 e. The molecule has 0 saturated heterocycles. The summed E-state index contributed by atoms with van der Waals surface area (Å²) in [6.07, 6.45) is -1.84. The Morgan fingerprint density at radius 3 is 1.82 bits per heavy atom. The average molecular weight is 570 g/mol. The molecule has 0 radical (unpaired) electrons. The maximum atomic E-state index is 12.4. The highest BCUT2D eigenvalue weighted by molar-refractivity contribution is 5.75. The molecule has 12 nitrogen and oxygen atoms in total. The van der Waals surface area contributed by atoms with Gasteiger partial charge >= 0.3 is 24.4 Å². The molecule has 40 heavy (non-hydrogen) atoms. The second-order valence-electron chi connectivity index (χ2n) is 10.2. The Bertz CT molecular complexity index is 964. The number of rotatable bonds is 16. The highest BCUT2D eigenvalue weighted by Gasteiger charge is 2.30. The molecule has 12 heteroatoms. The molecular formula is C28H43NO11. The number of nitrogens with two attached hydrogens (primary N) is 1. The molecule has 1 aromatic rings. The van der Waals surface area contributed by atoms with E-state index in [0.717, 1.165) is 0 Å². The van der Waals surface area contributed by atoms with Gasteiger partial charge in [0.15, 0.2) is 11.5 Å². The second kappa shape index (κ2) is 17.9. The summed E-state index contributed by atoms with van der Waals surface area (Å²) in [5, 5.41) is 9.63. The number of aliphatic carboxylic acids is 1. The van der Waals surface area contributed by atoms with Crippen molar-refractivity contribution in [3.8, 4) is 11.5 Å². The smallest absolute Gasteiger partial charge is 0.480 e. The SMILES string of the molecule is CCCOC(=O)OC(C)CC(c1ccc(OC(=O)OCCC(C)C)c(OC(=O)OCCC(C)C)c1)[C@H](N)C(=O)O. The fraction of sp³-hybridized carbons (Fsp3) is 0.643. The summed E-state index contributed by atoms with van der Waals surface area (Å²) in [4.78, 5) is 48.3. The van der Waals surface area contributed by atoms with Crippen molar-refractivity contribution in [1.29, 1.82) is 0 Å². The van der Waals surface area contributed by atoms with E-state index in [1.54, 1.807) is 6.92 Å². The zero-order valence-electron chi connectivity index (χ0n) is 24.2. The van der Waals surface area contributed by atoms with Crippen LogP contribution in [0.4, 0.5) is 14.4 Å². The number of carbonyl (C=O) groups excluding carboxylic acids is 3. The summed E-state index contributed by atoms with van der Waals surface area (Å²) in [5.74, 6) is -1.94. The Morgan fingerprint density at radius 1 is 0.800 bits per heavy atom. The van der Waals surface area contributed by atoms with Crippen molar-refractivity contribution < 1.29 is 52.7 Å². The third-order valence-corrected chi connectivity index (χ3v) is 5.64. The van der Waals surface area contributed by atoms with Gasteiger partial charge in [-0.2, -0.15) is 0 Å². The summed E-state index contributed by atoms with van der Waals surface area (Å²) >= 11 is 0. The minimum Gasteiger partial charge on any atom is -0.480 e. The van der Waals surface area contributed by atoms with Crippen molar-refractivity contribution in [3.05, 3.63) is 23.8 Å². The number of carboxylic acid groups (broad SMARTS) is 1. The average Bonchev–Trinajstić information content (AvgIpc) is 2.86. The van der Waals surface area contributed by atoms with E-state index in [9.17, 15) is 24.3 Å². The van der Waals surface area contributed by atoms with Gasteiger partial charge in [-0.3, -0.25) is 4.79 Å². The largest absolute Gasteiger partial charge is 0.513 e. The number of ether oxygens (including phenoxy) is 6. The van der Waals surface area contributed by atoms with E-state index in [1.807, 2.05) is 34.6 Å². The van der Waals surface area contributed by atoms with Crippen LogP contribution < -0.4 is 15.2 Å². The van der Waals surface area contributed by atoms with Crippen LogP contribution in [0.3, 0.4) is 0 Å². The van der Waals surface area contributed by atoms with Crippen molar-refractivity contribution in [2.75, 3.05) is 19.8 Å². The van der Waals surface area contributed by atoms with Crippen LogP contribution in [0.1, 0.15) is 78.7 Å². The van der Waals surface area contributed by atoms with Crippen LogP contribution in [0.25, 0.3) is 0 Å². The Kier molecular flexibility index (Phi) is 15.5.